The van der Waals surface area contributed by atoms with E-state index >= 15 is 0 Å². The Labute approximate surface area is 103 Å². The van der Waals surface area contributed by atoms with Gasteiger partial charge in [0.1, 0.15) is 0 Å². The summed E-state index contributed by atoms with van der Waals surface area (Å²) in [5, 5.41) is 7.53. The molecule has 1 heterocycles. The van der Waals surface area contributed by atoms with Crippen LogP contribution in [0.5, 0.6) is 0 Å². The van der Waals surface area contributed by atoms with Gasteiger partial charge in [-0.2, -0.15) is 9.36 Å². The number of hydrogen-bond donors (Lipinski definition) is 0. The summed E-state index contributed by atoms with van der Waals surface area (Å²) in [7, 11) is 0. The summed E-state index contributed by atoms with van der Waals surface area (Å²) >= 11 is 5.10. The Morgan fingerprint density at radius 3 is 2.47 bits per heavy atom. The zero-order valence-corrected chi connectivity index (χ0v) is 10.0. The molecule has 0 aliphatic rings. The van der Waals surface area contributed by atoms with Crippen LogP contribution >= 0.6 is 12.2 Å². The minimum Gasteiger partial charge on any atom is -0.273 e. The van der Waals surface area contributed by atoms with Crippen LogP contribution in [0.1, 0.15) is 17.3 Å². The van der Waals surface area contributed by atoms with Gasteiger partial charge in [0, 0.05) is 6.92 Å². The number of benzene rings is 1. The van der Waals surface area contributed by atoms with E-state index in [-0.39, 0.29) is 10.7 Å². The van der Waals surface area contributed by atoms with Crippen LogP contribution < -0.4 is 0 Å². The maximum absolute atomic E-state index is 11.2. The third-order valence-corrected chi connectivity index (χ3v) is 2.60. The largest absolute Gasteiger partial charge is 0.273 e. The van der Waals surface area contributed by atoms with Crippen molar-refractivity contribution in [1.29, 1.82) is 0 Å². The highest BCUT2D eigenvalue weighted by Gasteiger charge is 2.08. The van der Waals surface area contributed by atoms with E-state index in [1.807, 2.05) is 24.3 Å². The average molecular weight is 246 g/mol. The highest BCUT2D eigenvalue weighted by atomic mass is 32.1. The fourth-order valence-corrected chi connectivity index (χ4v) is 1.66. The summed E-state index contributed by atoms with van der Waals surface area (Å²) in [6, 6.07) is 7.45. The first-order valence-corrected chi connectivity index (χ1v) is 5.33. The van der Waals surface area contributed by atoms with Crippen molar-refractivity contribution in [2.75, 3.05) is 0 Å². The normalized spacial score (nSPS) is 10.2. The fourth-order valence-electron chi connectivity index (χ4n) is 1.36. The minimum absolute atomic E-state index is 0.254. The Hall–Kier alpha value is -2.08. The first-order valence-electron chi connectivity index (χ1n) is 4.92. The molecule has 0 aliphatic heterocycles. The molecular weight excluding hydrogens is 236 g/mol. The summed E-state index contributed by atoms with van der Waals surface area (Å²) < 4.78 is 2.77. The highest BCUT2D eigenvalue weighted by Crippen LogP contribution is 2.09. The van der Waals surface area contributed by atoms with Crippen LogP contribution in [0.15, 0.2) is 30.8 Å². The van der Waals surface area contributed by atoms with Crippen molar-refractivity contribution in [2.45, 2.75) is 6.92 Å². The molecule has 5 nitrogen and oxygen atoms in total. The predicted molar refractivity (Wildman–Crippen MR) is 66.6 cm³/mol. The van der Waals surface area contributed by atoms with Crippen molar-refractivity contribution < 1.29 is 4.79 Å². The number of rotatable bonds is 2. The number of carbonyl (C=O) groups is 1. The molecule has 2 aromatic rings. The fraction of sp³-hybridized carbons (Fsp3) is 0.0909. The van der Waals surface area contributed by atoms with Crippen LogP contribution in [0, 0.1) is 4.77 Å². The zero-order valence-electron chi connectivity index (χ0n) is 9.20. The molecule has 86 valence electrons. The Morgan fingerprint density at radius 2 is 2.00 bits per heavy atom. The summed E-state index contributed by atoms with van der Waals surface area (Å²) in [5.41, 5.74) is 1.76. The second-order valence-electron chi connectivity index (χ2n) is 3.40. The van der Waals surface area contributed by atoms with Crippen molar-refractivity contribution in [3.63, 3.8) is 0 Å². The molecule has 0 radical (unpaired) electrons. The molecule has 0 amide bonds. The van der Waals surface area contributed by atoms with E-state index in [9.17, 15) is 4.79 Å². The van der Waals surface area contributed by atoms with E-state index in [1.165, 1.54) is 11.6 Å². The van der Waals surface area contributed by atoms with E-state index in [4.69, 9.17) is 12.2 Å². The Kier molecular flexibility index (Phi) is 2.97. The molecule has 0 unspecified atom stereocenters. The van der Waals surface area contributed by atoms with Crippen LogP contribution in [0.2, 0.25) is 0 Å². The quantitative estimate of drug-likeness (QED) is 0.601. The molecule has 1 aromatic heterocycles. The van der Waals surface area contributed by atoms with Crippen LogP contribution in [0.25, 0.3) is 11.8 Å². The third-order valence-electron chi connectivity index (χ3n) is 2.25. The lowest BCUT2D eigenvalue weighted by Gasteiger charge is -1.99. The van der Waals surface area contributed by atoms with Gasteiger partial charge in [-0.1, -0.05) is 24.8 Å². The second-order valence-corrected chi connectivity index (χ2v) is 3.76. The Bertz CT molecular complexity index is 624. The molecule has 2 rings (SSSR count). The van der Waals surface area contributed by atoms with Gasteiger partial charge in [0.15, 0.2) is 0 Å². The number of hydrogen-bond acceptors (Lipinski definition) is 4. The molecule has 0 fully saturated rings. The van der Waals surface area contributed by atoms with Crippen molar-refractivity contribution >= 4 is 24.2 Å². The van der Waals surface area contributed by atoms with E-state index < -0.39 is 0 Å². The molecule has 0 atom stereocenters. The van der Waals surface area contributed by atoms with E-state index in [2.05, 4.69) is 17.0 Å². The number of tetrazole rings is 1. The Balaban J connectivity index is 2.50. The second kappa shape index (κ2) is 4.42. The smallest absolute Gasteiger partial charge is 0.247 e. The van der Waals surface area contributed by atoms with Crippen molar-refractivity contribution in [2.24, 2.45) is 0 Å². The monoisotopic (exact) mass is 246 g/mol. The lowest BCUT2D eigenvalue weighted by Crippen LogP contribution is -2.08. The molecule has 6 heteroatoms. The van der Waals surface area contributed by atoms with Gasteiger partial charge in [-0.3, -0.25) is 4.79 Å². The Morgan fingerprint density at radius 1 is 1.35 bits per heavy atom. The number of carbonyl (C=O) groups excluding carboxylic acids is 1. The van der Waals surface area contributed by atoms with Gasteiger partial charge < -0.3 is 0 Å². The number of nitrogens with zero attached hydrogens (tertiary/aromatic N) is 4. The standard InChI is InChI=1S/C11H10N4OS/c1-3-9-4-6-10(7-5-9)15-11(17)14(8(2)16)12-13-15/h3-7H,1H2,2H3. The summed E-state index contributed by atoms with van der Waals surface area (Å²) in [6.45, 7) is 5.06. The molecule has 0 saturated carbocycles. The van der Waals surface area contributed by atoms with Gasteiger partial charge in [-0.15, -0.1) is 0 Å². The molecule has 17 heavy (non-hydrogen) atoms. The lowest BCUT2D eigenvalue weighted by molar-refractivity contribution is 0.0917. The van der Waals surface area contributed by atoms with Crippen molar-refractivity contribution in [1.82, 2.24) is 19.8 Å². The first-order chi connectivity index (χ1) is 8.13. The van der Waals surface area contributed by atoms with Crippen LogP contribution in [0.4, 0.5) is 0 Å². The van der Waals surface area contributed by atoms with Gasteiger partial charge in [0.25, 0.3) is 0 Å². The first kappa shape index (κ1) is 11.4. The molecule has 0 N–H and O–H groups in total. The summed E-state index contributed by atoms with van der Waals surface area (Å²) in [5.74, 6) is -0.260. The predicted octanol–water partition coefficient (Wildman–Crippen LogP) is 2.10. The maximum atomic E-state index is 11.2. The molecular formula is C11H10N4OS. The molecule has 0 bridgehead atoms. The average Bonchev–Trinajstić information content (AvgIpc) is 2.71. The lowest BCUT2D eigenvalue weighted by atomic mass is 10.2. The van der Waals surface area contributed by atoms with Gasteiger partial charge in [0.2, 0.25) is 10.7 Å². The minimum atomic E-state index is -0.260. The molecule has 1 aromatic carbocycles. The maximum Gasteiger partial charge on any atom is 0.247 e. The van der Waals surface area contributed by atoms with Crippen LogP contribution in [-0.4, -0.2) is 25.7 Å². The highest BCUT2D eigenvalue weighted by molar-refractivity contribution is 7.71. The molecule has 0 saturated heterocycles. The SMILES string of the molecule is C=Cc1ccc(-n2nnn(C(C)=O)c2=S)cc1. The van der Waals surface area contributed by atoms with Crippen LogP contribution in [0.3, 0.4) is 0 Å². The third kappa shape index (κ3) is 2.07. The van der Waals surface area contributed by atoms with Gasteiger partial charge in [0.05, 0.1) is 5.69 Å². The van der Waals surface area contributed by atoms with Gasteiger partial charge in [-0.05, 0) is 40.3 Å². The summed E-state index contributed by atoms with van der Waals surface area (Å²) in [6.07, 6.45) is 1.75. The van der Waals surface area contributed by atoms with E-state index in [0.717, 1.165) is 15.9 Å². The van der Waals surface area contributed by atoms with Gasteiger partial charge in [-0.25, -0.2) is 0 Å². The molecule has 0 spiro atoms. The molecule has 0 aliphatic carbocycles. The van der Waals surface area contributed by atoms with E-state index in [0.29, 0.717) is 0 Å². The van der Waals surface area contributed by atoms with Crippen LogP contribution in [-0.2, 0) is 0 Å². The van der Waals surface area contributed by atoms with Gasteiger partial charge >= 0.3 is 0 Å². The van der Waals surface area contributed by atoms with E-state index in [1.54, 1.807) is 6.08 Å². The van der Waals surface area contributed by atoms with Crippen molar-refractivity contribution in [3.05, 3.63) is 41.2 Å². The topological polar surface area (TPSA) is 52.7 Å². The van der Waals surface area contributed by atoms with Crippen molar-refractivity contribution in [3.8, 4) is 5.69 Å². The summed E-state index contributed by atoms with van der Waals surface area (Å²) in [4.78, 5) is 11.2. The number of aromatic nitrogens is 4. The zero-order chi connectivity index (χ0) is 12.4.